The summed E-state index contributed by atoms with van der Waals surface area (Å²) >= 11 is 0. The van der Waals surface area contributed by atoms with E-state index in [1.165, 1.54) is 0 Å². The first-order valence-corrected chi connectivity index (χ1v) is 5.83. The molecule has 1 heterocycles. The van der Waals surface area contributed by atoms with Gasteiger partial charge < -0.3 is 10.8 Å². The Bertz CT molecular complexity index is 608. The number of hydrogen-bond donors (Lipinski definition) is 2. The van der Waals surface area contributed by atoms with E-state index in [1.807, 2.05) is 32.0 Å². The van der Waals surface area contributed by atoms with E-state index in [2.05, 4.69) is 4.98 Å². The van der Waals surface area contributed by atoms with Gasteiger partial charge in [-0.3, -0.25) is 9.78 Å². The number of carboxylic acid groups (broad SMARTS) is 1. The lowest BCUT2D eigenvalue weighted by Crippen LogP contribution is -2.32. The molecule has 3 N–H and O–H groups in total. The summed E-state index contributed by atoms with van der Waals surface area (Å²) < 4.78 is 0. The lowest BCUT2D eigenvalue weighted by molar-refractivity contribution is -0.138. The van der Waals surface area contributed by atoms with Crippen LogP contribution in [0.15, 0.2) is 24.4 Å². The minimum atomic E-state index is -0.981. The number of benzene rings is 1. The summed E-state index contributed by atoms with van der Waals surface area (Å²) in [7, 11) is 0. The van der Waals surface area contributed by atoms with Crippen LogP contribution in [-0.4, -0.2) is 22.1 Å². The standard InChI is InChI=1S/C14H16N2O2/c1-8-3-4-9(2)13-12(8)10(5-6-16-13)7-11(15)14(17)18/h3-6,11H,7,15H2,1-2H3,(H,17,18). The van der Waals surface area contributed by atoms with Gasteiger partial charge in [0.05, 0.1) is 5.52 Å². The Morgan fingerprint density at radius 1 is 1.33 bits per heavy atom. The van der Waals surface area contributed by atoms with Crippen LogP contribution in [0.5, 0.6) is 0 Å². The average Bonchev–Trinajstić information content (AvgIpc) is 2.34. The van der Waals surface area contributed by atoms with Crippen LogP contribution in [0.2, 0.25) is 0 Å². The quantitative estimate of drug-likeness (QED) is 0.863. The molecule has 1 aromatic carbocycles. The molecule has 0 aliphatic rings. The van der Waals surface area contributed by atoms with E-state index < -0.39 is 12.0 Å². The number of fused-ring (bicyclic) bond motifs is 1. The second-order valence-corrected chi connectivity index (χ2v) is 4.54. The van der Waals surface area contributed by atoms with Gasteiger partial charge in [-0.1, -0.05) is 12.1 Å². The highest BCUT2D eigenvalue weighted by atomic mass is 16.4. The topological polar surface area (TPSA) is 76.2 Å². The third kappa shape index (κ3) is 2.19. The largest absolute Gasteiger partial charge is 0.480 e. The molecular weight excluding hydrogens is 228 g/mol. The molecule has 4 nitrogen and oxygen atoms in total. The summed E-state index contributed by atoms with van der Waals surface area (Å²) in [6.07, 6.45) is 2.03. The third-order valence-electron chi connectivity index (χ3n) is 3.15. The zero-order valence-electron chi connectivity index (χ0n) is 10.5. The SMILES string of the molecule is Cc1ccc(C)c2c(CC(N)C(=O)O)ccnc12. The molecule has 0 aliphatic carbocycles. The van der Waals surface area contributed by atoms with Crippen molar-refractivity contribution in [3.8, 4) is 0 Å². The Kier molecular flexibility index (Phi) is 3.30. The molecule has 0 fully saturated rings. The molecule has 0 radical (unpaired) electrons. The Hall–Kier alpha value is -1.94. The van der Waals surface area contributed by atoms with Crippen molar-refractivity contribution in [2.75, 3.05) is 0 Å². The van der Waals surface area contributed by atoms with Gasteiger partial charge in [-0.15, -0.1) is 0 Å². The van der Waals surface area contributed by atoms with Crippen LogP contribution in [0.25, 0.3) is 10.9 Å². The van der Waals surface area contributed by atoms with Gasteiger partial charge in [0.1, 0.15) is 6.04 Å². The van der Waals surface area contributed by atoms with Crippen molar-refractivity contribution in [2.45, 2.75) is 26.3 Å². The lowest BCUT2D eigenvalue weighted by atomic mass is 9.97. The summed E-state index contributed by atoms with van der Waals surface area (Å²) in [6, 6.07) is 5.01. The van der Waals surface area contributed by atoms with E-state index in [0.717, 1.165) is 27.6 Å². The van der Waals surface area contributed by atoms with E-state index in [-0.39, 0.29) is 0 Å². The number of aromatic nitrogens is 1. The number of rotatable bonds is 3. The molecule has 0 amide bonds. The fourth-order valence-corrected chi connectivity index (χ4v) is 2.15. The van der Waals surface area contributed by atoms with Gasteiger partial charge in [-0.05, 0) is 43.0 Å². The van der Waals surface area contributed by atoms with Crippen LogP contribution < -0.4 is 5.73 Å². The molecule has 0 bridgehead atoms. The van der Waals surface area contributed by atoms with Crippen LogP contribution in [-0.2, 0) is 11.2 Å². The predicted molar refractivity (Wildman–Crippen MR) is 70.5 cm³/mol. The summed E-state index contributed by atoms with van der Waals surface area (Å²) in [5, 5.41) is 9.92. The van der Waals surface area contributed by atoms with Gasteiger partial charge in [0.15, 0.2) is 0 Å². The zero-order chi connectivity index (χ0) is 13.3. The highest BCUT2D eigenvalue weighted by Crippen LogP contribution is 2.24. The summed E-state index contributed by atoms with van der Waals surface area (Å²) in [6.45, 7) is 3.99. The van der Waals surface area contributed by atoms with Crippen LogP contribution >= 0.6 is 0 Å². The van der Waals surface area contributed by atoms with Crippen LogP contribution in [0, 0.1) is 13.8 Å². The zero-order valence-corrected chi connectivity index (χ0v) is 10.5. The third-order valence-corrected chi connectivity index (χ3v) is 3.15. The fraction of sp³-hybridized carbons (Fsp3) is 0.286. The summed E-state index contributed by atoms with van der Waals surface area (Å²) in [4.78, 5) is 15.2. The van der Waals surface area contributed by atoms with Crippen molar-refractivity contribution in [3.63, 3.8) is 0 Å². The normalized spacial score (nSPS) is 12.6. The van der Waals surface area contributed by atoms with Gasteiger partial charge in [0, 0.05) is 11.6 Å². The number of aryl methyl sites for hydroxylation is 2. The minimum absolute atomic E-state index is 0.318. The number of pyridine rings is 1. The second-order valence-electron chi connectivity index (χ2n) is 4.54. The van der Waals surface area contributed by atoms with Gasteiger partial charge in [0.2, 0.25) is 0 Å². The monoisotopic (exact) mass is 244 g/mol. The van der Waals surface area contributed by atoms with Gasteiger partial charge in [-0.2, -0.15) is 0 Å². The minimum Gasteiger partial charge on any atom is -0.480 e. The number of nitrogens with zero attached hydrogens (tertiary/aromatic N) is 1. The van der Waals surface area contributed by atoms with E-state index in [9.17, 15) is 4.79 Å². The Balaban J connectivity index is 2.58. The number of carbonyl (C=O) groups is 1. The first-order chi connectivity index (χ1) is 8.50. The number of carboxylic acids is 1. The molecule has 0 aliphatic heterocycles. The second kappa shape index (κ2) is 4.74. The van der Waals surface area contributed by atoms with E-state index >= 15 is 0 Å². The molecule has 1 aromatic heterocycles. The van der Waals surface area contributed by atoms with Crippen molar-refractivity contribution in [1.82, 2.24) is 4.98 Å². The first-order valence-electron chi connectivity index (χ1n) is 5.83. The van der Waals surface area contributed by atoms with Crippen molar-refractivity contribution in [1.29, 1.82) is 0 Å². The van der Waals surface area contributed by atoms with Crippen LogP contribution in [0.3, 0.4) is 0 Å². The molecule has 4 heteroatoms. The molecule has 1 unspecified atom stereocenters. The van der Waals surface area contributed by atoms with Crippen LogP contribution in [0.1, 0.15) is 16.7 Å². The smallest absolute Gasteiger partial charge is 0.320 e. The number of hydrogen-bond acceptors (Lipinski definition) is 3. The summed E-state index contributed by atoms with van der Waals surface area (Å²) in [5.41, 5.74) is 9.65. The van der Waals surface area contributed by atoms with Gasteiger partial charge in [-0.25, -0.2) is 0 Å². The Morgan fingerprint density at radius 3 is 2.67 bits per heavy atom. The van der Waals surface area contributed by atoms with Crippen molar-refractivity contribution in [2.24, 2.45) is 5.73 Å². The Labute approximate surface area is 105 Å². The van der Waals surface area contributed by atoms with Gasteiger partial charge >= 0.3 is 5.97 Å². The molecule has 0 saturated heterocycles. The summed E-state index contributed by atoms with van der Waals surface area (Å²) in [5.74, 6) is -0.981. The highest BCUT2D eigenvalue weighted by molar-refractivity contribution is 5.88. The predicted octanol–water partition coefficient (Wildman–Crippen LogP) is 1.81. The Morgan fingerprint density at radius 2 is 2.00 bits per heavy atom. The van der Waals surface area contributed by atoms with Crippen LogP contribution in [0.4, 0.5) is 0 Å². The molecule has 2 aromatic rings. The van der Waals surface area contributed by atoms with E-state index in [4.69, 9.17) is 10.8 Å². The molecule has 18 heavy (non-hydrogen) atoms. The molecule has 0 saturated carbocycles. The molecule has 94 valence electrons. The molecule has 0 spiro atoms. The molecular formula is C14H16N2O2. The fourth-order valence-electron chi connectivity index (χ4n) is 2.15. The maximum absolute atomic E-state index is 10.9. The average molecular weight is 244 g/mol. The lowest BCUT2D eigenvalue weighted by Gasteiger charge is -2.12. The van der Waals surface area contributed by atoms with E-state index in [0.29, 0.717) is 6.42 Å². The van der Waals surface area contributed by atoms with Crippen molar-refractivity contribution >= 4 is 16.9 Å². The van der Waals surface area contributed by atoms with E-state index in [1.54, 1.807) is 6.20 Å². The maximum Gasteiger partial charge on any atom is 0.320 e. The highest BCUT2D eigenvalue weighted by Gasteiger charge is 2.15. The molecule has 1 atom stereocenters. The maximum atomic E-state index is 10.9. The molecule has 2 rings (SSSR count). The number of nitrogens with two attached hydrogens (primary N) is 1. The van der Waals surface area contributed by atoms with Gasteiger partial charge in [0.25, 0.3) is 0 Å². The van der Waals surface area contributed by atoms with Crippen molar-refractivity contribution in [3.05, 3.63) is 41.1 Å². The van der Waals surface area contributed by atoms with Crippen molar-refractivity contribution < 1.29 is 9.90 Å². The number of aliphatic carboxylic acids is 1. The first kappa shape index (κ1) is 12.5.